The first-order valence-electron chi connectivity index (χ1n) is 6.39. The molecule has 6 heteroatoms. The molecule has 0 saturated carbocycles. The van der Waals surface area contributed by atoms with Crippen LogP contribution >= 0.6 is 0 Å². The van der Waals surface area contributed by atoms with Gasteiger partial charge in [-0.25, -0.2) is 9.97 Å². The zero-order valence-corrected chi connectivity index (χ0v) is 11.7. The van der Waals surface area contributed by atoms with Crippen LogP contribution < -0.4 is 10.2 Å². The maximum atomic E-state index is 11.8. The molecule has 1 aromatic carbocycles. The van der Waals surface area contributed by atoms with Gasteiger partial charge in [0.2, 0.25) is 5.91 Å². The molecule has 2 aromatic rings. The normalized spacial score (nSPS) is 10.5. The van der Waals surface area contributed by atoms with E-state index < -0.39 is 0 Å². The monoisotopic (exact) mass is 274 g/mol. The van der Waals surface area contributed by atoms with Crippen LogP contribution in [0.15, 0.2) is 30.6 Å². The lowest BCUT2D eigenvalue weighted by atomic mass is 10.2. The highest BCUT2D eigenvalue weighted by molar-refractivity contribution is 5.91. The summed E-state index contributed by atoms with van der Waals surface area (Å²) in [6, 6.07) is 7.73. The summed E-state index contributed by atoms with van der Waals surface area (Å²) < 4.78 is 4.89. The predicted octanol–water partition coefficient (Wildman–Crippen LogP) is 0.829. The van der Waals surface area contributed by atoms with E-state index in [9.17, 15) is 4.79 Å². The van der Waals surface area contributed by atoms with Gasteiger partial charge in [-0.3, -0.25) is 4.79 Å². The van der Waals surface area contributed by atoms with E-state index in [0.717, 1.165) is 16.7 Å². The largest absolute Gasteiger partial charge is 0.383 e. The summed E-state index contributed by atoms with van der Waals surface area (Å²) >= 11 is 0. The van der Waals surface area contributed by atoms with E-state index in [2.05, 4.69) is 15.3 Å². The number of hydrogen-bond donors (Lipinski definition) is 1. The molecule has 1 heterocycles. The molecule has 2 rings (SSSR count). The van der Waals surface area contributed by atoms with Crippen LogP contribution in [0.2, 0.25) is 0 Å². The lowest BCUT2D eigenvalue weighted by molar-refractivity contribution is -0.119. The highest BCUT2D eigenvalue weighted by Crippen LogP contribution is 2.20. The Morgan fingerprint density at radius 1 is 1.35 bits per heavy atom. The summed E-state index contributed by atoms with van der Waals surface area (Å²) in [6.45, 7) is 1.25. The average Bonchev–Trinajstić information content (AvgIpc) is 2.47. The van der Waals surface area contributed by atoms with E-state index in [1.54, 1.807) is 7.11 Å². The Kier molecular flexibility index (Phi) is 4.84. The maximum Gasteiger partial charge on any atom is 0.239 e. The van der Waals surface area contributed by atoms with Gasteiger partial charge in [0.05, 0.1) is 18.7 Å². The van der Waals surface area contributed by atoms with Gasteiger partial charge in [-0.2, -0.15) is 0 Å². The number of methoxy groups -OCH3 is 1. The molecule has 1 N–H and O–H groups in total. The van der Waals surface area contributed by atoms with Gasteiger partial charge in [-0.15, -0.1) is 0 Å². The van der Waals surface area contributed by atoms with Crippen LogP contribution in [-0.2, 0) is 9.53 Å². The van der Waals surface area contributed by atoms with E-state index in [4.69, 9.17) is 4.74 Å². The first-order chi connectivity index (χ1) is 9.72. The van der Waals surface area contributed by atoms with Crippen molar-refractivity contribution < 1.29 is 9.53 Å². The van der Waals surface area contributed by atoms with Gasteiger partial charge in [0.15, 0.2) is 0 Å². The van der Waals surface area contributed by atoms with Crippen LogP contribution in [0.25, 0.3) is 10.9 Å². The molecule has 0 radical (unpaired) electrons. The summed E-state index contributed by atoms with van der Waals surface area (Å²) in [5, 5.41) is 3.72. The minimum Gasteiger partial charge on any atom is -0.383 e. The highest BCUT2D eigenvalue weighted by atomic mass is 16.5. The van der Waals surface area contributed by atoms with Crippen LogP contribution in [0.4, 0.5) is 5.82 Å². The van der Waals surface area contributed by atoms with Crippen molar-refractivity contribution in [2.24, 2.45) is 0 Å². The number of carbonyl (C=O) groups excluding carboxylic acids is 1. The van der Waals surface area contributed by atoms with Gasteiger partial charge in [-0.05, 0) is 12.1 Å². The zero-order valence-electron chi connectivity index (χ0n) is 11.7. The molecule has 1 aromatic heterocycles. The molecule has 1 amide bonds. The number of fused-ring (bicyclic) bond motifs is 1. The number of likely N-dealkylation sites (N-methyl/N-ethyl adjacent to an activating group) is 1. The van der Waals surface area contributed by atoms with Crippen molar-refractivity contribution in [2.75, 3.05) is 38.8 Å². The number of nitrogens with zero attached hydrogens (tertiary/aromatic N) is 3. The van der Waals surface area contributed by atoms with Crippen molar-refractivity contribution in [3.63, 3.8) is 0 Å². The molecule has 20 heavy (non-hydrogen) atoms. The number of benzene rings is 1. The summed E-state index contributed by atoms with van der Waals surface area (Å²) in [5.41, 5.74) is 0.865. The number of amides is 1. The molecule has 0 saturated heterocycles. The third kappa shape index (κ3) is 3.42. The Morgan fingerprint density at radius 2 is 2.15 bits per heavy atom. The second kappa shape index (κ2) is 6.81. The number of para-hydroxylation sites is 1. The lowest BCUT2D eigenvalue weighted by Crippen LogP contribution is -2.37. The first-order valence-corrected chi connectivity index (χ1v) is 6.39. The number of nitrogens with one attached hydrogen (secondary N) is 1. The Bertz CT molecular complexity index is 583. The van der Waals surface area contributed by atoms with Gasteiger partial charge in [-0.1, -0.05) is 12.1 Å². The topological polar surface area (TPSA) is 67.3 Å². The molecule has 0 aliphatic rings. The fraction of sp³-hybridized carbons (Fsp3) is 0.357. The third-order valence-electron chi connectivity index (χ3n) is 2.89. The standard InChI is InChI=1S/C14H18N4O2/c1-18(9-13(19)15-7-8-20-2)14-11-5-3-4-6-12(11)16-10-17-14/h3-6,10H,7-9H2,1-2H3,(H,15,19). The summed E-state index contributed by atoms with van der Waals surface area (Å²) in [5.74, 6) is 0.685. The first kappa shape index (κ1) is 14.2. The van der Waals surface area contributed by atoms with Crippen molar-refractivity contribution in [3.05, 3.63) is 30.6 Å². The summed E-state index contributed by atoms with van der Waals surface area (Å²) in [4.78, 5) is 22.1. The molecule has 0 unspecified atom stereocenters. The number of aromatic nitrogens is 2. The van der Waals surface area contributed by atoms with Crippen molar-refractivity contribution in [1.82, 2.24) is 15.3 Å². The molecule has 106 valence electrons. The molecule has 6 nitrogen and oxygen atoms in total. The van der Waals surface area contributed by atoms with E-state index in [1.165, 1.54) is 6.33 Å². The quantitative estimate of drug-likeness (QED) is 0.790. The molecule has 0 spiro atoms. The van der Waals surface area contributed by atoms with Crippen LogP contribution in [-0.4, -0.2) is 49.7 Å². The van der Waals surface area contributed by atoms with Gasteiger partial charge in [0, 0.05) is 26.1 Å². The number of ether oxygens (including phenoxy) is 1. The van der Waals surface area contributed by atoms with Crippen LogP contribution in [0, 0.1) is 0 Å². The molecule has 0 aliphatic carbocycles. The third-order valence-corrected chi connectivity index (χ3v) is 2.89. The maximum absolute atomic E-state index is 11.8. The average molecular weight is 274 g/mol. The minimum atomic E-state index is -0.0627. The molecule has 0 atom stereocenters. The Labute approximate surface area is 117 Å². The Balaban J connectivity index is 2.07. The van der Waals surface area contributed by atoms with Gasteiger partial charge in [0.25, 0.3) is 0 Å². The smallest absolute Gasteiger partial charge is 0.239 e. The SMILES string of the molecule is COCCNC(=O)CN(C)c1ncnc2ccccc12. The second-order valence-electron chi connectivity index (χ2n) is 4.41. The number of carbonyl (C=O) groups is 1. The predicted molar refractivity (Wildman–Crippen MR) is 77.7 cm³/mol. The summed E-state index contributed by atoms with van der Waals surface area (Å²) in [7, 11) is 3.44. The second-order valence-corrected chi connectivity index (χ2v) is 4.41. The van der Waals surface area contributed by atoms with Crippen molar-refractivity contribution in [2.45, 2.75) is 0 Å². The lowest BCUT2D eigenvalue weighted by Gasteiger charge is -2.19. The number of anilines is 1. The van der Waals surface area contributed by atoms with E-state index in [0.29, 0.717) is 13.2 Å². The van der Waals surface area contributed by atoms with Gasteiger partial charge in [0.1, 0.15) is 12.1 Å². The molecule has 0 bridgehead atoms. The molecule has 0 aliphatic heterocycles. The van der Waals surface area contributed by atoms with E-state index >= 15 is 0 Å². The van der Waals surface area contributed by atoms with Crippen molar-refractivity contribution >= 4 is 22.6 Å². The van der Waals surface area contributed by atoms with Crippen LogP contribution in [0.1, 0.15) is 0 Å². The minimum absolute atomic E-state index is 0.0627. The fourth-order valence-electron chi connectivity index (χ4n) is 1.93. The Hall–Kier alpha value is -2.21. The van der Waals surface area contributed by atoms with Crippen molar-refractivity contribution in [3.8, 4) is 0 Å². The van der Waals surface area contributed by atoms with E-state index in [-0.39, 0.29) is 12.5 Å². The van der Waals surface area contributed by atoms with Crippen LogP contribution in [0.3, 0.4) is 0 Å². The van der Waals surface area contributed by atoms with Gasteiger partial charge >= 0.3 is 0 Å². The molecular formula is C14H18N4O2. The zero-order chi connectivity index (χ0) is 14.4. The summed E-state index contributed by atoms with van der Waals surface area (Å²) in [6.07, 6.45) is 1.51. The number of hydrogen-bond acceptors (Lipinski definition) is 5. The van der Waals surface area contributed by atoms with Gasteiger partial charge < -0.3 is 15.0 Å². The van der Waals surface area contributed by atoms with Crippen molar-refractivity contribution in [1.29, 1.82) is 0 Å². The Morgan fingerprint density at radius 3 is 2.95 bits per heavy atom. The fourth-order valence-corrected chi connectivity index (χ4v) is 1.93. The molecular weight excluding hydrogens is 256 g/mol. The molecule has 0 fully saturated rings. The number of rotatable bonds is 6. The van der Waals surface area contributed by atoms with E-state index in [1.807, 2.05) is 36.2 Å². The highest BCUT2D eigenvalue weighted by Gasteiger charge is 2.11. The van der Waals surface area contributed by atoms with Crippen LogP contribution in [0.5, 0.6) is 0 Å².